The molecular formula is C8H14N2S. The highest BCUT2D eigenvalue weighted by Crippen LogP contribution is 2.14. The molecule has 0 saturated heterocycles. The monoisotopic (exact) mass is 170 g/mol. The molecule has 62 valence electrons. The van der Waals surface area contributed by atoms with Crippen LogP contribution in [0, 0.1) is 5.92 Å². The van der Waals surface area contributed by atoms with Gasteiger partial charge in [-0.3, -0.25) is 0 Å². The van der Waals surface area contributed by atoms with Gasteiger partial charge in [0.15, 0.2) is 0 Å². The van der Waals surface area contributed by atoms with Crippen LogP contribution in [0.5, 0.6) is 0 Å². The minimum Gasteiger partial charge on any atom is -0.247 e. The lowest BCUT2D eigenvalue weighted by atomic mass is 9.97. The van der Waals surface area contributed by atoms with Gasteiger partial charge in [0.1, 0.15) is 0 Å². The maximum absolute atomic E-state index is 4.21. The summed E-state index contributed by atoms with van der Waals surface area (Å²) in [4.78, 5) is 2.90. The first-order chi connectivity index (χ1) is 5.38. The van der Waals surface area contributed by atoms with E-state index < -0.39 is 0 Å². The highest BCUT2D eigenvalue weighted by atomic mass is 32.2. The van der Waals surface area contributed by atoms with Crippen LogP contribution in [-0.4, -0.2) is 5.71 Å². The molecule has 1 aliphatic rings. The van der Waals surface area contributed by atoms with E-state index in [4.69, 9.17) is 0 Å². The summed E-state index contributed by atoms with van der Waals surface area (Å²) in [5.74, 6) is 0.625. The van der Waals surface area contributed by atoms with Crippen molar-refractivity contribution in [1.82, 2.24) is 4.83 Å². The van der Waals surface area contributed by atoms with E-state index in [-0.39, 0.29) is 0 Å². The molecule has 0 bridgehead atoms. The molecule has 11 heavy (non-hydrogen) atoms. The Morgan fingerprint density at radius 3 is 2.73 bits per heavy atom. The molecule has 0 amide bonds. The second kappa shape index (κ2) is 4.44. The fourth-order valence-electron chi connectivity index (χ4n) is 1.18. The van der Waals surface area contributed by atoms with Crippen LogP contribution < -0.4 is 4.83 Å². The molecule has 0 spiro atoms. The Morgan fingerprint density at radius 1 is 1.55 bits per heavy atom. The molecule has 0 saturated carbocycles. The Bertz CT molecular complexity index is 171. The zero-order chi connectivity index (χ0) is 8.10. The summed E-state index contributed by atoms with van der Waals surface area (Å²) in [6.45, 7) is 4.40. The van der Waals surface area contributed by atoms with Crippen molar-refractivity contribution < 1.29 is 0 Å². The average molecular weight is 170 g/mol. The van der Waals surface area contributed by atoms with Gasteiger partial charge in [-0.1, -0.05) is 13.8 Å². The lowest BCUT2D eigenvalue weighted by Gasteiger charge is -2.14. The average Bonchev–Trinajstić information content (AvgIpc) is 2.09. The molecule has 1 rings (SSSR count). The maximum atomic E-state index is 4.21. The van der Waals surface area contributed by atoms with Crippen molar-refractivity contribution in [2.45, 2.75) is 26.7 Å². The van der Waals surface area contributed by atoms with Crippen molar-refractivity contribution in [3.8, 4) is 0 Å². The largest absolute Gasteiger partial charge is 0.247 e. The molecule has 0 atom stereocenters. The fourth-order valence-corrected chi connectivity index (χ4v) is 1.61. The zero-order valence-electron chi connectivity index (χ0n) is 7.00. The van der Waals surface area contributed by atoms with Gasteiger partial charge in [0.05, 0.1) is 5.71 Å². The van der Waals surface area contributed by atoms with Crippen molar-refractivity contribution in [3.05, 3.63) is 11.5 Å². The summed E-state index contributed by atoms with van der Waals surface area (Å²) in [6, 6.07) is 0. The van der Waals surface area contributed by atoms with Crippen LogP contribution >= 0.6 is 11.9 Å². The standard InChI is InChI=1S/C8H14N2S/c1-3-7(4-2)8-5-6-11-10-9-8/h5-7,10H,3-4H2,1-2H3. The Morgan fingerprint density at radius 2 is 2.27 bits per heavy atom. The van der Waals surface area contributed by atoms with E-state index >= 15 is 0 Å². The third kappa shape index (κ3) is 2.26. The number of allylic oxidation sites excluding steroid dienone is 1. The van der Waals surface area contributed by atoms with E-state index in [0.717, 1.165) is 0 Å². The summed E-state index contributed by atoms with van der Waals surface area (Å²) in [6.07, 6.45) is 4.44. The Hall–Kier alpha value is -0.440. The lowest BCUT2D eigenvalue weighted by Crippen LogP contribution is -2.15. The van der Waals surface area contributed by atoms with Crippen LogP contribution in [0.1, 0.15) is 26.7 Å². The van der Waals surface area contributed by atoms with Gasteiger partial charge in [-0.15, -0.1) is 0 Å². The summed E-state index contributed by atoms with van der Waals surface area (Å²) < 4.78 is 0. The zero-order valence-corrected chi connectivity index (χ0v) is 7.82. The molecule has 2 nitrogen and oxygen atoms in total. The van der Waals surface area contributed by atoms with Gasteiger partial charge in [0, 0.05) is 5.92 Å². The molecule has 0 fully saturated rings. The molecule has 1 heterocycles. The molecule has 3 heteroatoms. The van der Waals surface area contributed by atoms with Crippen LogP contribution in [0.15, 0.2) is 16.6 Å². The number of nitrogens with one attached hydrogen (secondary N) is 1. The molecule has 0 unspecified atom stereocenters. The van der Waals surface area contributed by atoms with E-state index in [0.29, 0.717) is 5.92 Å². The van der Waals surface area contributed by atoms with E-state index in [1.54, 1.807) is 0 Å². The van der Waals surface area contributed by atoms with Crippen molar-refractivity contribution in [1.29, 1.82) is 0 Å². The summed E-state index contributed by atoms with van der Waals surface area (Å²) in [7, 11) is 0. The summed E-state index contributed by atoms with van der Waals surface area (Å²) in [5, 5.41) is 6.26. The number of hydrogen-bond acceptors (Lipinski definition) is 3. The minimum atomic E-state index is 0.625. The third-order valence-corrected chi connectivity index (χ3v) is 2.41. The number of hydrazone groups is 1. The van der Waals surface area contributed by atoms with Crippen LogP contribution in [0.4, 0.5) is 0 Å². The molecule has 0 radical (unpaired) electrons. The third-order valence-electron chi connectivity index (χ3n) is 1.94. The van der Waals surface area contributed by atoms with Crippen LogP contribution in [0.3, 0.4) is 0 Å². The van der Waals surface area contributed by atoms with Gasteiger partial charge >= 0.3 is 0 Å². The highest BCUT2D eigenvalue weighted by molar-refractivity contribution is 8.00. The predicted octanol–water partition coefficient (Wildman–Crippen LogP) is 2.54. The molecule has 0 aromatic rings. The van der Waals surface area contributed by atoms with Crippen molar-refractivity contribution in [3.63, 3.8) is 0 Å². The normalized spacial score (nSPS) is 16.5. The smallest absolute Gasteiger partial charge is 0.0649 e. The van der Waals surface area contributed by atoms with Crippen LogP contribution in [-0.2, 0) is 0 Å². The first-order valence-electron chi connectivity index (χ1n) is 4.03. The van der Waals surface area contributed by atoms with Gasteiger partial charge in [-0.05, 0) is 36.3 Å². The van der Waals surface area contributed by atoms with Gasteiger partial charge < -0.3 is 0 Å². The predicted molar refractivity (Wildman–Crippen MR) is 51.4 cm³/mol. The highest BCUT2D eigenvalue weighted by Gasteiger charge is 2.10. The second-order valence-electron chi connectivity index (χ2n) is 2.56. The Labute approximate surface area is 72.3 Å². The molecule has 1 N–H and O–H groups in total. The first kappa shape index (κ1) is 8.65. The fraction of sp³-hybridized carbons (Fsp3) is 0.625. The number of hydrogen-bond donors (Lipinski definition) is 1. The van der Waals surface area contributed by atoms with Crippen LogP contribution in [0.2, 0.25) is 0 Å². The van der Waals surface area contributed by atoms with Gasteiger partial charge in [0.25, 0.3) is 0 Å². The molecule has 0 aromatic carbocycles. The molecule has 0 aliphatic carbocycles. The quantitative estimate of drug-likeness (QED) is 0.658. The first-order valence-corrected chi connectivity index (χ1v) is 4.91. The minimum absolute atomic E-state index is 0.625. The van der Waals surface area contributed by atoms with Gasteiger partial charge in [-0.25, -0.2) is 4.83 Å². The molecule has 0 aromatic heterocycles. The van der Waals surface area contributed by atoms with E-state index in [1.165, 1.54) is 30.5 Å². The SMILES string of the molecule is CCC(CC)C1=NNSC=C1. The Kier molecular flexibility index (Phi) is 3.49. The van der Waals surface area contributed by atoms with Gasteiger partial charge in [-0.2, -0.15) is 5.10 Å². The summed E-state index contributed by atoms with van der Waals surface area (Å²) >= 11 is 1.52. The lowest BCUT2D eigenvalue weighted by molar-refractivity contribution is 0.641. The van der Waals surface area contributed by atoms with E-state index in [9.17, 15) is 0 Å². The van der Waals surface area contributed by atoms with Crippen molar-refractivity contribution >= 4 is 17.7 Å². The molecular weight excluding hydrogens is 156 g/mol. The number of rotatable bonds is 3. The Balaban J connectivity index is 2.56. The van der Waals surface area contributed by atoms with E-state index in [2.05, 4.69) is 29.9 Å². The molecule has 1 aliphatic heterocycles. The number of nitrogens with zero attached hydrogens (tertiary/aromatic N) is 1. The van der Waals surface area contributed by atoms with Gasteiger partial charge in [0.2, 0.25) is 0 Å². The second-order valence-corrected chi connectivity index (χ2v) is 3.25. The van der Waals surface area contributed by atoms with Crippen LogP contribution in [0.25, 0.3) is 0 Å². The maximum Gasteiger partial charge on any atom is 0.0649 e. The van der Waals surface area contributed by atoms with Crippen molar-refractivity contribution in [2.24, 2.45) is 11.0 Å². The van der Waals surface area contributed by atoms with E-state index in [1.807, 2.05) is 5.41 Å². The van der Waals surface area contributed by atoms with Crippen molar-refractivity contribution in [2.75, 3.05) is 0 Å². The summed E-state index contributed by atoms with van der Waals surface area (Å²) in [5.41, 5.74) is 1.19. The topological polar surface area (TPSA) is 24.4 Å².